The van der Waals surface area contributed by atoms with Gasteiger partial charge in [0.2, 0.25) is 0 Å². The molecule has 0 radical (unpaired) electrons. The molecule has 0 aliphatic heterocycles. The minimum atomic E-state index is -0.147. The highest BCUT2D eigenvalue weighted by Gasteiger charge is 2.09. The maximum atomic E-state index is 12.5. The summed E-state index contributed by atoms with van der Waals surface area (Å²) >= 11 is 0. The molecule has 4 aromatic rings. The van der Waals surface area contributed by atoms with E-state index in [2.05, 4.69) is 25.2 Å². The number of fused-ring (bicyclic) bond motifs is 1. The summed E-state index contributed by atoms with van der Waals surface area (Å²) in [4.78, 5) is 17.2. The molecule has 2 aromatic heterocycles. The third kappa shape index (κ3) is 4.35. The van der Waals surface area contributed by atoms with Crippen molar-refractivity contribution in [3.05, 3.63) is 84.2 Å². The number of hydrogen-bond acceptors (Lipinski definition) is 3. The van der Waals surface area contributed by atoms with Crippen LogP contribution in [-0.2, 0) is 0 Å². The summed E-state index contributed by atoms with van der Waals surface area (Å²) in [5, 5.41) is 2.94. The number of aryl methyl sites for hydroxylation is 1. The number of anilines is 1. The lowest BCUT2D eigenvalue weighted by atomic mass is 10.1. The second kappa shape index (κ2) is 8.82. The Morgan fingerprint density at radius 3 is 2.53 bits per heavy atom. The molecular formula is C25H25N3O2. The van der Waals surface area contributed by atoms with E-state index in [0.717, 1.165) is 46.7 Å². The maximum Gasteiger partial charge on any atom is 0.255 e. The quantitative estimate of drug-likeness (QED) is 0.403. The Morgan fingerprint density at radius 1 is 1.07 bits per heavy atom. The topological polar surface area (TPSA) is 55.6 Å². The summed E-state index contributed by atoms with van der Waals surface area (Å²) in [7, 11) is 0. The van der Waals surface area contributed by atoms with E-state index in [-0.39, 0.29) is 5.91 Å². The molecule has 30 heavy (non-hydrogen) atoms. The zero-order valence-electron chi connectivity index (χ0n) is 17.3. The number of imidazole rings is 1. The molecule has 2 aromatic carbocycles. The predicted molar refractivity (Wildman–Crippen MR) is 120 cm³/mol. The second-order valence-corrected chi connectivity index (χ2v) is 7.31. The van der Waals surface area contributed by atoms with Gasteiger partial charge < -0.3 is 14.5 Å². The lowest BCUT2D eigenvalue weighted by Gasteiger charge is -2.08. The number of nitrogens with zero attached hydrogens (tertiary/aromatic N) is 2. The molecule has 0 saturated carbocycles. The van der Waals surface area contributed by atoms with Crippen molar-refractivity contribution in [3.8, 4) is 17.0 Å². The summed E-state index contributed by atoms with van der Waals surface area (Å²) in [5.74, 6) is 0.637. The molecule has 0 aliphatic rings. The van der Waals surface area contributed by atoms with Crippen LogP contribution in [0.1, 0.15) is 35.7 Å². The Hall–Kier alpha value is -3.60. The zero-order valence-corrected chi connectivity index (χ0v) is 17.3. The second-order valence-electron chi connectivity index (χ2n) is 7.31. The molecule has 0 atom stereocenters. The molecule has 1 amide bonds. The molecule has 152 valence electrons. The van der Waals surface area contributed by atoms with E-state index in [1.54, 1.807) is 12.1 Å². The summed E-state index contributed by atoms with van der Waals surface area (Å²) in [6, 6.07) is 19.0. The number of pyridine rings is 1. The van der Waals surface area contributed by atoms with Gasteiger partial charge in [0.25, 0.3) is 5.91 Å². The van der Waals surface area contributed by atoms with Crippen molar-refractivity contribution in [1.29, 1.82) is 0 Å². The van der Waals surface area contributed by atoms with Crippen molar-refractivity contribution in [2.45, 2.75) is 26.7 Å². The lowest BCUT2D eigenvalue weighted by Crippen LogP contribution is -2.11. The van der Waals surface area contributed by atoms with Gasteiger partial charge in [-0.05, 0) is 61.4 Å². The Balaban J connectivity index is 1.42. The summed E-state index contributed by atoms with van der Waals surface area (Å²) in [6.45, 7) is 4.87. The molecule has 5 heteroatoms. The molecule has 0 spiro atoms. The van der Waals surface area contributed by atoms with Crippen LogP contribution in [-0.4, -0.2) is 21.9 Å². The first-order chi connectivity index (χ1) is 14.6. The molecule has 0 aliphatic carbocycles. The van der Waals surface area contributed by atoms with E-state index in [1.807, 2.05) is 59.3 Å². The molecule has 0 saturated heterocycles. The van der Waals surface area contributed by atoms with Crippen LogP contribution in [0, 0.1) is 6.92 Å². The van der Waals surface area contributed by atoms with Crippen LogP contribution >= 0.6 is 0 Å². The number of carbonyl (C=O) groups is 1. The Bertz CT molecular complexity index is 1150. The first kappa shape index (κ1) is 19.7. The molecule has 5 nitrogen and oxygen atoms in total. The van der Waals surface area contributed by atoms with Gasteiger partial charge in [-0.3, -0.25) is 4.79 Å². The minimum absolute atomic E-state index is 0.147. The van der Waals surface area contributed by atoms with Gasteiger partial charge in [0, 0.05) is 29.2 Å². The van der Waals surface area contributed by atoms with E-state index in [9.17, 15) is 4.79 Å². The maximum absolute atomic E-state index is 12.5. The van der Waals surface area contributed by atoms with Gasteiger partial charge >= 0.3 is 0 Å². The van der Waals surface area contributed by atoms with Crippen LogP contribution in [0.5, 0.6) is 5.75 Å². The average molecular weight is 399 g/mol. The number of ether oxygens (including phenoxy) is 1. The van der Waals surface area contributed by atoms with Gasteiger partial charge in [-0.2, -0.15) is 0 Å². The van der Waals surface area contributed by atoms with Gasteiger partial charge in [-0.25, -0.2) is 4.98 Å². The first-order valence-electron chi connectivity index (χ1n) is 10.2. The van der Waals surface area contributed by atoms with Crippen LogP contribution in [0.4, 0.5) is 5.69 Å². The average Bonchev–Trinajstić information content (AvgIpc) is 3.21. The SMILES string of the molecule is CCCCOc1ccc(C(=O)Nc2ccc(-c3cn4cccc(C)c4n3)cc2)cc1. The third-order valence-corrected chi connectivity index (χ3v) is 5.00. The molecule has 0 bridgehead atoms. The zero-order chi connectivity index (χ0) is 20.9. The summed E-state index contributed by atoms with van der Waals surface area (Å²) in [6.07, 6.45) is 6.12. The Morgan fingerprint density at radius 2 is 1.83 bits per heavy atom. The van der Waals surface area contributed by atoms with Gasteiger partial charge in [0.05, 0.1) is 12.3 Å². The van der Waals surface area contributed by atoms with Gasteiger partial charge in [-0.15, -0.1) is 0 Å². The number of hydrogen-bond donors (Lipinski definition) is 1. The number of benzene rings is 2. The van der Waals surface area contributed by atoms with Gasteiger partial charge in [0.1, 0.15) is 11.4 Å². The highest BCUT2D eigenvalue weighted by molar-refractivity contribution is 6.04. The summed E-state index contributed by atoms with van der Waals surface area (Å²) in [5.41, 5.74) is 5.33. The number of aromatic nitrogens is 2. The molecule has 0 unspecified atom stereocenters. The highest BCUT2D eigenvalue weighted by atomic mass is 16.5. The minimum Gasteiger partial charge on any atom is -0.494 e. The van der Waals surface area contributed by atoms with Gasteiger partial charge in [0.15, 0.2) is 0 Å². The van der Waals surface area contributed by atoms with E-state index in [1.165, 1.54) is 0 Å². The Labute approximate surface area is 176 Å². The van der Waals surface area contributed by atoms with E-state index in [0.29, 0.717) is 12.2 Å². The van der Waals surface area contributed by atoms with Crippen molar-refractivity contribution in [2.75, 3.05) is 11.9 Å². The normalized spacial score (nSPS) is 10.9. The lowest BCUT2D eigenvalue weighted by molar-refractivity contribution is 0.102. The fraction of sp³-hybridized carbons (Fsp3) is 0.200. The number of nitrogens with one attached hydrogen (secondary N) is 1. The highest BCUT2D eigenvalue weighted by Crippen LogP contribution is 2.23. The molecule has 0 fully saturated rings. The fourth-order valence-corrected chi connectivity index (χ4v) is 3.26. The molecule has 4 rings (SSSR count). The number of unbranched alkanes of at least 4 members (excludes halogenated alkanes) is 1. The van der Waals surface area contributed by atoms with Gasteiger partial charge in [-0.1, -0.05) is 31.5 Å². The standard InChI is InChI=1S/C25H25N3O2/c1-3-4-16-30-22-13-9-20(10-14-22)25(29)26-21-11-7-19(8-12-21)23-17-28-15-5-6-18(2)24(28)27-23/h5-15,17H,3-4,16H2,1-2H3,(H,26,29). The third-order valence-electron chi connectivity index (χ3n) is 5.00. The monoisotopic (exact) mass is 399 g/mol. The predicted octanol–water partition coefficient (Wildman–Crippen LogP) is 5.74. The number of rotatable bonds is 7. The number of carbonyl (C=O) groups excluding carboxylic acids is 1. The van der Waals surface area contributed by atoms with Crippen LogP contribution in [0.3, 0.4) is 0 Å². The largest absolute Gasteiger partial charge is 0.494 e. The van der Waals surface area contributed by atoms with Crippen LogP contribution in [0.15, 0.2) is 73.1 Å². The number of amides is 1. The molecular weight excluding hydrogens is 374 g/mol. The molecule has 2 heterocycles. The van der Waals surface area contributed by atoms with Crippen molar-refractivity contribution in [3.63, 3.8) is 0 Å². The van der Waals surface area contributed by atoms with Crippen molar-refractivity contribution >= 4 is 17.2 Å². The van der Waals surface area contributed by atoms with E-state index in [4.69, 9.17) is 9.72 Å². The van der Waals surface area contributed by atoms with Crippen molar-refractivity contribution < 1.29 is 9.53 Å². The van der Waals surface area contributed by atoms with Crippen LogP contribution < -0.4 is 10.1 Å². The fourth-order valence-electron chi connectivity index (χ4n) is 3.26. The summed E-state index contributed by atoms with van der Waals surface area (Å²) < 4.78 is 7.67. The van der Waals surface area contributed by atoms with Crippen molar-refractivity contribution in [2.24, 2.45) is 0 Å². The van der Waals surface area contributed by atoms with E-state index >= 15 is 0 Å². The van der Waals surface area contributed by atoms with E-state index < -0.39 is 0 Å². The first-order valence-corrected chi connectivity index (χ1v) is 10.2. The van der Waals surface area contributed by atoms with Crippen molar-refractivity contribution in [1.82, 2.24) is 9.38 Å². The smallest absolute Gasteiger partial charge is 0.255 e. The molecule has 1 N–H and O–H groups in total. The van der Waals surface area contributed by atoms with Crippen LogP contribution in [0.25, 0.3) is 16.9 Å². The Kier molecular flexibility index (Phi) is 5.80. The van der Waals surface area contributed by atoms with Crippen LogP contribution in [0.2, 0.25) is 0 Å².